The van der Waals surface area contributed by atoms with E-state index in [0.29, 0.717) is 19.5 Å². The van der Waals surface area contributed by atoms with E-state index in [9.17, 15) is 4.79 Å². The van der Waals surface area contributed by atoms with Gasteiger partial charge in [0.1, 0.15) is 0 Å². The van der Waals surface area contributed by atoms with Crippen LogP contribution in [0.3, 0.4) is 0 Å². The maximum atomic E-state index is 11.2. The Bertz CT molecular complexity index is 376. The number of benzene rings is 1. The second-order valence-corrected chi connectivity index (χ2v) is 3.34. The number of hydrogen-bond donors (Lipinski definition) is 2. The van der Waals surface area contributed by atoms with Gasteiger partial charge in [0, 0.05) is 12.0 Å². The summed E-state index contributed by atoms with van der Waals surface area (Å²) in [6.45, 7) is 0.932. The van der Waals surface area contributed by atoms with E-state index in [1.165, 1.54) is 0 Å². The lowest BCUT2D eigenvalue weighted by Gasteiger charge is -1.98. The zero-order chi connectivity index (χ0) is 11.6. The van der Waals surface area contributed by atoms with Gasteiger partial charge in [-0.1, -0.05) is 30.0 Å². The van der Waals surface area contributed by atoms with Crippen molar-refractivity contribution in [2.24, 2.45) is 5.73 Å². The van der Waals surface area contributed by atoms with Crippen LogP contribution in [-0.4, -0.2) is 19.0 Å². The average Bonchev–Trinajstić information content (AvgIpc) is 2.33. The van der Waals surface area contributed by atoms with Crippen LogP contribution in [0.25, 0.3) is 0 Å². The van der Waals surface area contributed by atoms with Crippen molar-refractivity contribution in [3.05, 3.63) is 35.9 Å². The Hall–Kier alpha value is -1.79. The highest BCUT2D eigenvalue weighted by atomic mass is 16.1. The molecule has 0 unspecified atom stereocenters. The third-order valence-corrected chi connectivity index (χ3v) is 1.99. The molecule has 84 valence electrons. The largest absolute Gasteiger partial charge is 0.345 e. The molecule has 0 saturated carbocycles. The molecule has 16 heavy (non-hydrogen) atoms. The summed E-state index contributed by atoms with van der Waals surface area (Å²) in [5.74, 6) is 5.87. The van der Waals surface area contributed by atoms with E-state index < -0.39 is 0 Å². The summed E-state index contributed by atoms with van der Waals surface area (Å²) in [5, 5.41) is 2.72. The first-order valence-corrected chi connectivity index (χ1v) is 5.33. The maximum absolute atomic E-state index is 11.2. The number of hydrogen-bond acceptors (Lipinski definition) is 2. The molecule has 0 fully saturated rings. The zero-order valence-corrected chi connectivity index (χ0v) is 9.20. The van der Waals surface area contributed by atoms with Crippen LogP contribution in [-0.2, 0) is 4.79 Å². The smallest absolute Gasteiger partial charge is 0.220 e. The van der Waals surface area contributed by atoms with E-state index in [2.05, 4.69) is 17.2 Å². The first kappa shape index (κ1) is 12.3. The minimum absolute atomic E-state index is 0.00723. The van der Waals surface area contributed by atoms with Gasteiger partial charge in [0.25, 0.3) is 0 Å². The standard InChI is InChI=1S/C13H16N2O/c14-10-4-9-13(16)15-11-5-8-12-6-2-1-3-7-12/h1-3,6-7H,4,9-11,14H2,(H,15,16). The predicted octanol–water partition coefficient (Wildman–Crippen LogP) is 0.893. The summed E-state index contributed by atoms with van der Waals surface area (Å²) in [5.41, 5.74) is 6.26. The van der Waals surface area contributed by atoms with E-state index in [4.69, 9.17) is 5.73 Å². The molecule has 1 aromatic carbocycles. The molecule has 1 aromatic rings. The van der Waals surface area contributed by atoms with Gasteiger partial charge in [-0.25, -0.2) is 0 Å². The number of carbonyl (C=O) groups is 1. The summed E-state index contributed by atoms with van der Waals surface area (Å²) in [7, 11) is 0. The molecule has 0 aliphatic heterocycles. The van der Waals surface area contributed by atoms with Crippen molar-refractivity contribution in [2.45, 2.75) is 12.8 Å². The Morgan fingerprint density at radius 1 is 1.31 bits per heavy atom. The molecule has 0 bridgehead atoms. The third kappa shape index (κ3) is 5.18. The van der Waals surface area contributed by atoms with Gasteiger partial charge in [0.15, 0.2) is 0 Å². The van der Waals surface area contributed by atoms with Crippen molar-refractivity contribution >= 4 is 5.91 Å². The molecule has 1 amide bonds. The molecule has 0 radical (unpaired) electrons. The number of rotatable bonds is 4. The summed E-state index contributed by atoms with van der Waals surface area (Å²) >= 11 is 0. The SMILES string of the molecule is NCCCC(=O)NCC#Cc1ccccc1. The van der Waals surface area contributed by atoms with Crippen LogP contribution in [0.1, 0.15) is 18.4 Å². The molecule has 3 nitrogen and oxygen atoms in total. The Morgan fingerprint density at radius 2 is 2.06 bits per heavy atom. The van der Waals surface area contributed by atoms with Gasteiger partial charge >= 0.3 is 0 Å². The third-order valence-electron chi connectivity index (χ3n) is 1.99. The molecule has 3 N–H and O–H groups in total. The minimum atomic E-state index is 0.00723. The van der Waals surface area contributed by atoms with E-state index in [1.54, 1.807) is 0 Å². The lowest BCUT2D eigenvalue weighted by Crippen LogP contribution is -2.23. The zero-order valence-electron chi connectivity index (χ0n) is 9.20. The lowest BCUT2D eigenvalue weighted by atomic mass is 10.2. The van der Waals surface area contributed by atoms with Gasteiger partial charge < -0.3 is 11.1 Å². The van der Waals surface area contributed by atoms with Crippen LogP contribution >= 0.6 is 0 Å². The highest BCUT2D eigenvalue weighted by Gasteiger charge is 1.96. The average molecular weight is 216 g/mol. The normalized spacial score (nSPS) is 9.06. The lowest BCUT2D eigenvalue weighted by molar-refractivity contribution is -0.120. The van der Waals surface area contributed by atoms with Gasteiger partial charge in [-0.2, -0.15) is 0 Å². The highest BCUT2D eigenvalue weighted by Crippen LogP contribution is 1.94. The van der Waals surface area contributed by atoms with Crippen molar-refractivity contribution < 1.29 is 4.79 Å². The fourth-order valence-electron chi connectivity index (χ4n) is 1.16. The van der Waals surface area contributed by atoms with Crippen molar-refractivity contribution in [3.63, 3.8) is 0 Å². The molecule has 0 saturated heterocycles. The van der Waals surface area contributed by atoms with Crippen molar-refractivity contribution in [1.82, 2.24) is 5.32 Å². The summed E-state index contributed by atoms with van der Waals surface area (Å²) in [6.07, 6.45) is 1.20. The molecule has 0 spiro atoms. The topological polar surface area (TPSA) is 55.1 Å². The second kappa shape index (κ2) is 7.49. The molecule has 0 aliphatic rings. The minimum Gasteiger partial charge on any atom is -0.345 e. The van der Waals surface area contributed by atoms with Gasteiger partial charge in [0.05, 0.1) is 6.54 Å². The Labute approximate surface area is 96.0 Å². The highest BCUT2D eigenvalue weighted by molar-refractivity contribution is 5.76. The van der Waals surface area contributed by atoms with Crippen LogP contribution < -0.4 is 11.1 Å². The first-order valence-electron chi connectivity index (χ1n) is 5.33. The molecule has 3 heteroatoms. The molecular weight excluding hydrogens is 200 g/mol. The van der Waals surface area contributed by atoms with Crippen LogP contribution in [0.5, 0.6) is 0 Å². The fraction of sp³-hybridized carbons (Fsp3) is 0.308. The maximum Gasteiger partial charge on any atom is 0.220 e. The van der Waals surface area contributed by atoms with Crippen molar-refractivity contribution in [2.75, 3.05) is 13.1 Å². The number of nitrogens with one attached hydrogen (secondary N) is 1. The monoisotopic (exact) mass is 216 g/mol. The molecule has 0 atom stereocenters. The van der Waals surface area contributed by atoms with E-state index in [0.717, 1.165) is 12.0 Å². The first-order chi connectivity index (χ1) is 7.83. The van der Waals surface area contributed by atoms with E-state index >= 15 is 0 Å². The Morgan fingerprint density at radius 3 is 2.75 bits per heavy atom. The van der Waals surface area contributed by atoms with Crippen molar-refractivity contribution in [1.29, 1.82) is 0 Å². The Balaban J connectivity index is 2.25. The van der Waals surface area contributed by atoms with Gasteiger partial charge in [-0.3, -0.25) is 4.79 Å². The molecule has 0 aromatic heterocycles. The van der Waals surface area contributed by atoms with E-state index in [-0.39, 0.29) is 5.91 Å². The van der Waals surface area contributed by atoms with Gasteiger partial charge in [0.2, 0.25) is 5.91 Å². The van der Waals surface area contributed by atoms with E-state index in [1.807, 2.05) is 30.3 Å². The molecule has 0 heterocycles. The summed E-state index contributed by atoms with van der Waals surface area (Å²) < 4.78 is 0. The van der Waals surface area contributed by atoms with Gasteiger partial charge in [-0.15, -0.1) is 0 Å². The molecule has 0 aliphatic carbocycles. The van der Waals surface area contributed by atoms with Crippen LogP contribution in [0.15, 0.2) is 30.3 Å². The molecular formula is C13H16N2O. The summed E-state index contributed by atoms with van der Waals surface area (Å²) in [6, 6.07) is 9.68. The van der Waals surface area contributed by atoms with Gasteiger partial charge in [-0.05, 0) is 25.1 Å². The second-order valence-electron chi connectivity index (χ2n) is 3.34. The predicted molar refractivity (Wildman–Crippen MR) is 64.6 cm³/mol. The number of carbonyl (C=O) groups excluding carboxylic acids is 1. The Kier molecular flexibility index (Phi) is 5.75. The van der Waals surface area contributed by atoms with Crippen molar-refractivity contribution in [3.8, 4) is 11.8 Å². The summed E-state index contributed by atoms with van der Waals surface area (Å²) in [4.78, 5) is 11.2. The van der Waals surface area contributed by atoms with Crippen LogP contribution in [0.2, 0.25) is 0 Å². The van der Waals surface area contributed by atoms with Crippen LogP contribution in [0, 0.1) is 11.8 Å². The quantitative estimate of drug-likeness (QED) is 0.734. The number of nitrogens with two attached hydrogens (primary N) is 1. The van der Waals surface area contributed by atoms with Crippen LogP contribution in [0.4, 0.5) is 0 Å². The fourth-order valence-corrected chi connectivity index (χ4v) is 1.16. The number of amides is 1. The molecule has 1 rings (SSSR count).